The molecule has 0 aromatic rings. The van der Waals surface area contributed by atoms with Crippen LogP contribution in [0.4, 0.5) is 0 Å². The summed E-state index contributed by atoms with van der Waals surface area (Å²) in [5.74, 6) is 0.642. The molecule has 5 heteroatoms. The molecule has 100 valence electrons. The number of rotatable bonds is 3. The molecule has 0 spiro atoms. The molecule has 2 aliphatic heterocycles. The number of hydrogen-bond acceptors (Lipinski definition) is 4. The van der Waals surface area contributed by atoms with Crippen molar-refractivity contribution in [3.8, 4) is 0 Å². The van der Waals surface area contributed by atoms with Crippen LogP contribution in [0.5, 0.6) is 0 Å². The first-order valence-electron chi connectivity index (χ1n) is 6.49. The molecule has 0 bridgehead atoms. The van der Waals surface area contributed by atoms with Crippen molar-refractivity contribution in [2.75, 3.05) is 31.1 Å². The lowest BCUT2D eigenvalue weighted by molar-refractivity contribution is 0.198. The van der Waals surface area contributed by atoms with Gasteiger partial charge in [-0.05, 0) is 44.7 Å². The standard InChI is InChI=1S/C12H24N2O2S/c1-11(3-6-13-7-4-11)9-14-12(2)5-8-17(15,16)10-12/h13-14H,3-10H2,1-2H3. The van der Waals surface area contributed by atoms with Gasteiger partial charge in [0.15, 0.2) is 9.84 Å². The third-order valence-electron chi connectivity index (χ3n) is 4.26. The summed E-state index contributed by atoms with van der Waals surface area (Å²) in [6, 6.07) is 0. The molecular formula is C12H24N2O2S. The summed E-state index contributed by atoms with van der Waals surface area (Å²) in [6.45, 7) is 7.43. The summed E-state index contributed by atoms with van der Waals surface area (Å²) in [7, 11) is -2.80. The average molecular weight is 260 g/mol. The Balaban J connectivity index is 1.89. The first kappa shape index (κ1) is 13.3. The molecule has 17 heavy (non-hydrogen) atoms. The van der Waals surface area contributed by atoms with Gasteiger partial charge in [0.25, 0.3) is 0 Å². The fourth-order valence-corrected chi connectivity index (χ4v) is 4.91. The normalized spacial score (nSPS) is 35.9. The summed E-state index contributed by atoms with van der Waals surface area (Å²) in [4.78, 5) is 0. The molecule has 2 fully saturated rings. The Bertz CT molecular complexity index is 374. The van der Waals surface area contributed by atoms with Gasteiger partial charge in [-0.3, -0.25) is 0 Å². The quantitative estimate of drug-likeness (QED) is 0.778. The largest absolute Gasteiger partial charge is 0.317 e. The highest BCUT2D eigenvalue weighted by Gasteiger charge is 2.39. The van der Waals surface area contributed by atoms with Crippen LogP contribution >= 0.6 is 0 Å². The molecule has 0 amide bonds. The zero-order valence-electron chi connectivity index (χ0n) is 10.9. The first-order valence-corrected chi connectivity index (χ1v) is 8.31. The van der Waals surface area contributed by atoms with E-state index in [0.717, 1.165) is 26.1 Å². The van der Waals surface area contributed by atoms with Crippen LogP contribution < -0.4 is 10.6 Å². The van der Waals surface area contributed by atoms with Gasteiger partial charge in [-0.15, -0.1) is 0 Å². The van der Waals surface area contributed by atoms with Crippen LogP contribution in [-0.4, -0.2) is 45.1 Å². The lowest BCUT2D eigenvalue weighted by Gasteiger charge is -2.37. The van der Waals surface area contributed by atoms with Crippen LogP contribution in [0.25, 0.3) is 0 Å². The minimum Gasteiger partial charge on any atom is -0.317 e. The molecule has 4 nitrogen and oxygen atoms in total. The van der Waals surface area contributed by atoms with E-state index in [2.05, 4.69) is 17.6 Å². The van der Waals surface area contributed by atoms with E-state index in [4.69, 9.17) is 0 Å². The SMILES string of the molecule is CC1(CNC2(C)CCS(=O)(=O)C2)CCNCC1. The van der Waals surface area contributed by atoms with Crippen molar-refractivity contribution in [1.82, 2.24) is 10.6 Å². The zero-order chi connectivity index (χ0) is 12.6. The fraction of sp³-hybridized carbons (Fsp3) is 1.00. The molecule has 1 atom stereocenters. The molecule has 2 aliphatic rings. The molecule has 2 saturated heterocycles. The maximum atomic E-state index is 11.5. The summed E-state index contributed by atoms with van der Waals surface area (Å²) in [5.41, 5.74) is 0.118. The van der Waals surface area contributed by atoms with Crippen molar-refractivity contribution in [1.29, 1.82) is 0 Å². The van der Waals surface area contributed by atoms with E-state index in [1.54, 1.807) is 0 Å². The van der Waals surface area contributed by atoms with Crippen molar-refractivity contribution in [3.63, 3.8) is 0 Å². The Morgan fingerprint density at radius 3 is 2.35 bits per heavy atom. The maximum Gasteiger partial charge on any atom is 0.152 e. The predicted molar refractivity (Wildman–Crippen MR) is 69.9 cm³/mol. The van der Waals surface area contributed by atoms with Crippen LogP contribution in [-0.2, 0) is 9.84 Å². The molecule has 0 radical (unpaired) electrons. The van der Waals surface area contributed by atoms with Gasteiger partial charge >= 0.3 is 0 Å². The zero-order valence-corrected chi connectivity index (χ0v) is 11.7. The second-order valence-electron chi connectivity index (χ2n) is 6.32. The van der Waals surface area contributed by atoms with E-state index >= 15 is 0 Å². The van der Waals surface area contributed by atoms with E-state index in [9.17, 15) is 8.42 Å². The van der Waals surface area contributed by atoms with Crippen molar-refractivity contribution in [2.45, 2.75) is 38.6 Å². The van der Waals surface area contributed by atoms with E-state index in [1.165, 1.54) is 12.8 Å². The molecule has 0 aliphatic carbocycles. The van der Waals surface area contributed by atoms with E-state index in [1.807, 2.05) is 6.92 Å². The fourth-order valence-electron chi connectivity index (χ4n) is 2.78. The number of sulfone groups is 1. The highest BCUT2D eigenvalue weighted by molar-refractivity contribution is 7.91. The van der Waals surface area contributed by atoms with Crippen molar-refractivity contribution in [3.05, 3.63) is 0 Å². The third kappa shape index (κ3) is 3.42. The second-order valence-corrected chi connectivity index (χ2v) is 8.50. The molecule has 0 saturated carbocycles. The Morgan fingerprint density at radius 2 is 1.82 bits per heavy atom. The summed E-state index contributed by atoms with van der Waals surface area (Å²) >= 11 is 0. The van der Waals surface area contributed by atoms with Gasteiger partial charge in [0, 0.05) is 12.1 Å². The first-order chi connectivity index (χ1) is 7.83. The van der Waals surface area contributed by atoms with Gasteiger partial charge in [0.05, 0.1) is 11.5 Å². The third-order valence-corrected chi connectivity index (χ3v) is 6.16. The minimum absolute atomic E-state index is 0.202. The minimum atomic E-state index is -2.80. The lowest BCUT2D eigenvalue weighted by atomic mass is 9.80. The topological polar surface area (TPSA) is 58.2 Å². The Morgan fingerprint density at radius 1 is 1.18 bits per heavy atom. The molecule has 0 aromatic carbocycles. The molecular weight excluding hydrogens is 236 g/mol. The Kier molecular flexibility index (Phi) is 3.54. The van der Waals surface area contributed by atoms with Gasteiger partial charge in [-0.1, -0.05) is 6.92 Å². The predicted octanol–water partition coefficient (Wildman–Crippen LogP) is 0.543. The second kappa shape index (κ2) is 4.52. The molecule has 0 aromatic heterocycles. The average Bonchev–Trinajstić information content (AvgIpc) is 2.53. The van der Waals surface area contributed by atoms with E-state index in [0.29, 0.717) is 16.9 Å². The van der Waals surface area contributed by atoms with Crippen LogP contribution in [0.15, 0.2) is 0 Å². The van der Waals surface area contributed by atoms with Gasteiger partial charge in [0.2, 0.25) is 0 Å². The Hall–Kier alpha value is -0.130. The van der Waals surface area contributed by atoms with Crippen LogP contribution in [0.3, 0.4) is 0 Å². The van der Waals surface area contributed by atoms with Crippen molar-refractivity contribution >= 4 is 9.84 Å². The van der Waals surface area contributed by atoms with Crippen LogP contribution in [0, 0.1) is 5.41 Å². The highest BCUT2D eigenvalue weighted by Crippen LogP contribution is 2.29. The van der Waals surface area contributed by atoms with Crippen LogP contribution in [0.1, 0.15) is 33.1 Å². The van der Waals surface area contributed by atoms with Gasteiger partial charge in [0.1, 0.15) is 0 Å². The lowest BCUT2D eigenvalue weighted by Crippen LogP contribution is -2.50. The highest BCUT2D eigenvalue weighted by atomic mass is 32.2. The number of nitrogens with one attached hydrogen (secondary N) is 2. The van der Waals surface area contributed by atoms with Crippen molar-refractivity contribution < 1.29 is 8.42 Å². The summed E-state index contributed by atoms with van der Waals surface area (Å²) in [5, 5.41) is 6.88. The van der Waals surface area contributed by atoms with Gasteiger partial charge in [-0.25, -0.2) is 8.42 Å². The van der Waals surface area contributed by atoms with Crippen molar-refractivity contribution in [2.24, 2.45) is 5.41 Å². The molecule has 2 heterocycles. The van der Waals surface area contributed by atoms with Crippen LogP contribution in [0.2, 0.25) is 0 Å². The maximum absolute atomic E-state index is 11.5. The van der Waals surface area contributed by atoms with E-state index < -0.39 is 9.84 Å². The molecule has 2 N–H and O–H groups in total. The van der Waals surface area contributed by atoms with Gasteiger partial charge in [-0.2, -0.15) is 0 Å². The number of hydrogen-bond donors (Lipinski definition) is 2. The smallest absolute Gasteiger partial charge is 0.152 e. The summed E-state index contributed by atoms with van der Waals surface area (Å²) < 4.78 is 23.1. The monoisotopic (exact) mass is 260 g/mol. The van der Waals surface area contributed by atoms with E-state index in [-0.39, 0.29) is 5.54 Å². The molecule has 1 unspecified atom stereocenters. The molecule has 2 rings (SSSR count). The Labute approximate surface area is 104 Å². The number of piperidine rings is 1. The summed E-state index contributed by atoms with van der Waals surface area (Å²) in [6.07, 6.45) is 3.09. The van der Waals surface area contributed by atoms with Gasteiger partial charge < -0.3 is 10.6 Å².